The smallest absolute Gasteiger partial charge is 0.176 e. The molecule has 0 aromatic rings. The van der Waals surface area contributed by atoms with Gasteiger partial charge in [-0.15, -0.1) is 0 Å². The number of aliphatic hydroxyl groups is 18. The first kappa shape index (κ1) is 73.2. The van der Waals surface area contributed by atoms with Crippen molar-refractivity contribution in [3.05, 3.63) is 0 Å². The molecule has 40 atom stereocenters. The predicted molar refractivity (Wildman–Crippen MR) is 280 cm³/mol. The van der Waals surface area contributed by atoms with Crippen molar-refractivity contribution in [3.63, 3.8) is 0 Å². The molecule has 0 aromatic heterocycles. The molecule has 8 fully saturated rings. The fourth-order valence-electron chi connectivity index (χ4n) is 11.8. The lowest BCUT2D eigenvalue weighted by atomic mass is 9.93. The van der Waals surface area contributed by atoms with Crippen molar-refractivity contribution in [2.24, 2.45) is 45.9 Å². The Bertz CT molecular complexity index is 2150. The van der Waals surface area contributed by atoms with Crippen molar-refractivity contribution in [2.75, 3.05) is 52.9 Å². The van der Waals surface area contributed by atoms with Gasteiger partial charge in [0.25, 0.3) is 0 Å². The Morgan fingerprint density at radius 1 is 0.202 bits per heavy atom. The summed E-state index contributed by atoms with van der Waals surface area (Å²) in [6.07, 6.45) is -52.2. The summed E-state index contributed by atoms with van der Waals surface area (Å²) in [6, 6.07) is -12.3. The van der Waals surface area contributed by atoms with Gasteiger partial charge in [0, 0.05) is 0 Å². The molecule has 0 saturated carbocycles. The van der Waals surface area contributed by atoms with Crippen LogP contribution >= 0.6 is 0 Å². The van der Waals surface area contributed by atoms with Crippen LogP contribution in [0.25, 0.3) is 0 Å². The van der Waals surface area contributed by atoms with E-state index in [0.29, 0.717) is 0 Å². The molecular formula is C48H90N8O33. The summed E-state index contributed by atoms with van der Waals surface area (Å²) in [6.45, 7) is -6.90. The van der Waals surface area contributed by atoms with Gasteiger partial charge in [-0.1, -0.05) is 0 Å². The minimum atomic E-state index is -1.87. The Morgan fingerprint density at radius 2 is 0.360 bits per heavy atom. The molecule has 8 rings (SSSR count). The molecule has 520 valence electrons. The lowest BCUT2D eigenvalue weighted by Gasteiger charge is -2.51. The van der Waals surface area contributed by atoms with Gasteiger partial charge in [0.15, 0.2) is 50.3 Å². The van der Waals surface area contributed by atoms with Crippen molar-refractivity contribution in [1.29, 1.82) is 0 Å². The highest BCUT2D eigenvalue weighted by Crippen LogP contribution is 2.37. The summed E-state index contributed by atoms with van der Waals surface area (Å²) in [5.74, 6) is 0. The summed E-state index contributed by atoms with van der Waals surface area (Å²) in [5.41, 5.74) is 49.9. The average Bonchev–Trinajstić information content (AvgIpc) is 1.11. The van der Waals surface area contributed by atoms with E-state index >= 15 is 0 Å². The van der Waals surface area contributed by atoms with Gasteiger partial charge in [0.2, 0.25) is 0 Å². The summed E-state index contributed by atoms with van der Waals surface area (Å²) >= 11 is 0. The van der Waals surface area contributed by atoms with Crippen LogP contribution in [0, 0.1) is 0 Å². The maximum Gasteiger partial charge on any atom is 0.176 e. The summed E-state index contributed by atoms with van der Waals surface area (Å²) in [4.78, 5) is 0. The van der Waals surface area contributed by atoms with Crippen LogP contribution in [-0.4, -0.2) is 390 Å². The number of rotatable bonds is 22. The third-order valence-electron chi connectivity index (χ3n) is 17.3. The van der Waals surface area contributed by atoms with E-state index < -0.39 is 298 Å². The second-order valence-corrected chi connectivity index (χ2v) is 23.1. The number of nitrogens with two attached hydrogens (primary N) is 8. The predicted octanol–water partition coefficient (Wildman–Crippen LogP) is -18.7. The molecule has 0 aromatic carbocycles. The Hall–Kier alpha value is -1.64. The van der Waals surface area contributed by atoms with E-state index in [1.807, 2.05) is 0 Å². The Labute approximate surface area is 506 Å². The van der Waals surface area contributed by atoms with Gasteiger partial charge in [-0.25, -0.2) is 0 Å². The van der Waals surface area contributed by atoms with Crippen LogP contribution in [0.3, 0.4) is 0 Å². The first-order valence-corrected chi connectivity index (χ1v) is 28.8. The lowest BCUT2D eigenvalue weighted by Crippen LogP contribution is -2.71. The molecule has 20 unspecified atom stereocenters. The molecule has 0 radical (unpaired) electrons. The van der Waals surface area contributed by atoms with Gasteiger partial charge in [-0.2, -0.15) is 0 Å². The molecular weight excluding hydrogens is 1220 g/mol. The summed E-state index contributed by atoms with van der Waals surface area (Å²) in [7, 11) is 0. The standard InChI is InChI=1S/C48H90N8O33/c49-17-27(67)34(10(2-58)75-41(17)74)83-43-19(51)29(69)36(12(4-60)77-43)85-45-21(53)31(71)38(14(6-62)79-45)87-47-23(55)33(73)40(16(8-64)81-47)89-48-24(56)32(72)39(15(7-63)82-48)88-46-22(54)30(70)37(13(5-61)80-46)86-44-20(52)28(68)35(11(3-59)78-44)84-42-18(50)26(66)25(65)9(1-57)76-42/h9-48,57-74H,1-8,49-56H2/t9?,10?,11?,12?,13?,14?,15?,16?,17-,18+,19+,20-,21-,22+,23+,24-,25?,26+,27?,28?,29-,30+,31?,32?,33+,34+,35+,36?,37?,38+,39+,40?,41-,42?,43?,44+,45+,46?,47?,48+/m0/s1. The fraction of sp³-hybridized carbons (Fsp3) is 1.00. The highest BCUT2D eigenvalue weighted by molar-refractivity contribution is 5.04. The molecule has 41 heteroatoms. The summed E-state index contributed by atoms with van der Waals surface area (Å²) in [5, 5.41) is 192. The van der Waals surface area contributed by atoms with Crippen molar-refractivity contribution in [2.45, 2.75) is 245 Å². The molecule has 8 aliphatic rings. The third kappa shape index (κ3) is 15.0. The van der Waals surface area contributed by atoms with Crippen LogP contribution in [0.1, 0.15) is 0 Å². The van der Waals surface area contributed by atoms with E-state index in [9.17, 15) is 91.9 Å². The zero-order chi connectivity index (χ0) is 65.4. The van der Waals surface area contributed by atoms with Gasteiger partial charge in [0.1, 0.15) is 146 Å². The third-order valence-corrected chi connectivity index (χ3v) is 17.3. The topological polar surface area (TPSA) is 711 Å². The molecule has 0 bridgehead atoms. The lowest BCUT2D eigenvalue weighted by molar-refractivity contribution is -0.370. The molecule has 89 heavy (non-hydrogen) atoms. The van der Waals surface area contributed by atoms with Gasteiger partial charge >= 0.3 is 0 Å². The van der Waals surface area contributed by atoms with Gasteiger partial charge in [-0.05, 0) is 0 Å². The van der Waals surface area contributed by atoms with Crippen LogP contribution in [0.5, 0.6) is 0 Å². The molecule has 8 saturated heterocycles. The second kappa shape index (κ2) is 31.5. The first-order valence-electron chi connectivity index (χ1n) is 28.8. The first-order chi connectivity index (χ1) is 42.2. The zero-order valence-corrected chi connectivity index (χ0v) is 47.5. The van der Waals surface area contributed by atoms with Gasteiger partial charge in [0.05, 0.1) is 101 Å². The summed E-state index contributed by atoms with van der Waals surface area (Å²) < 4.78 is 87.2. The van der Waals surface area contributed by atoms with Crippen LogP contribution in [0.15, 0.2) is 0 Å². The average molecular weight is 1310 g/mol. The minimum Gasteiger partial charge on any atom is -0.394 e. The maximum atomic E-state index is 11.6. The van der Waals surface area contributed by atoms with Crippen LogP contribution in [0.2, 0.25) is 0 Å². The van der Waals surface area contributed by atoms with Crippen LogP contribution in [0.4, 0.5) is 0 Å². The number of hydrogen-bond donors (Lipinski definition) is 26. The number of ether oxygens (including phenoxy) is 15. The van der Waals surface area contributed by atoms with Crippen molar-refractivity contribution in [1.82, 2.24) is 0 Å². The quantitative estimate of drug-likeness (QED) is 0.0479. The number of hydrogen-bond acceptors (Lipinski definition) is 41. The van der Waals surface area contributed by atoms with Crippen molar-refractivity contribution < 1.29 is 163 Å². The molecule has 0 aliphatic carbocycles. The largest absolute Gasteiger partial charge is 0.394 e. The normalized spacial score (nSPS) is 53.6. The highest BCUT2D eigenvalue weighted by Gasteiger charge is 2.58. The molecule has 34 N–H and O–H groups in total. The fourth-order valence-corrected chi connectivity index (χ4v) is 11.8. The van der Waals surface area contributed by atoms with Crippen molar-refractivity contribution >= 4 is 0 Å². The van der Waals surface area contributed by atoms with Crippen LogP contribution in [-0.2, 0) is 71.1 Å². The van der Waals surface area contributed by atoms with E-state index in [0.717, 1.165) is 0 Å². The molecule has 0 amide bonds. The molecule has 41 nitrogen and oxygen atoms in total. The van der Waals surface area contributed by atoms with Crippen molar-refractivity contribution in [3.8, 4) is 0 Å². The highest BCUT2D eigenvalue weighted by atomic mass is 16.8. The molecule has 8 heterocycles. The second-order valence-electron chi connectivity index (χ2n) is 23.1. The Kier molecular flexibility index (Phi) is 25.9. The SMILES string of the molecule is N[C@H]1C(O)[C@H](OC2OC(CO)C(O[C@H]3OC(CO)[C@@H](OC4OC(CO)C(O[C@H]5OC(CO)[C@@H](OC6OC(CO)C(O)[C@H](O)[C@H]6N)C(O)[C@@H]5N)[C@H](O)[C@H]4N)C(O)[C@@H]3N)[C@H](O)[C@H]2N)C(CO)O[C@@H]1OC1C(CO)OC(O[C@@H]2C(CO)O[C@H](O)[C@@H](N)C2O)[C@H](N)[C@@H]1O. The van der Waals surface area contributed by atoms with E-state index in [4.69, 9.17) is 117 Å². The van der Waals surface area contributed by atoms with E-state index in [-0.39, 0.29) is 0 Å². The monoisotopic (exact) mass is 1310 g/mol. The van der Waals surface area contributed by atoms with Gasteiger partial charge in [-0.3, -0.25) is 0 Å². The zero-order valence-electron chi connectivity index (χ0n) is 47.5. The molecule has 0 spiro atoms. The minimum absolute atomic E-state index is 0.749. The van der Waals surface area contributed by atoms with E-state index in [1.165, 1.54) is 0 Å². The Balaban J connectivity index is 0.850. The Morgan fingerprint density at radius 3 is 0.551 bits per heavy atom. The number of aliphatic hydroxyl groups excluding tert-OH is 18. The van der Waals surface area contributed by atoms with Crippen LogP contribution < -0.4 is 45.9 Å². The molecule has 8 aliphatic heterocycles. The van der Waals surface area contributed by atoms with E-state index in [1.54, 1.807) is 0 Å². The van der Waals surface area contributed by atoms with E-state index in [2.05, 4.69) is 0 Å². The van der Waals surface area contributed by atoms with Gasteiger partial charge < -0.3 is 209 Å². The maximum absolute atomic E-state index is 11.6.